The van der Waals surface area contributed by atoms with Crippen molar-refractivity contribution in [2.45, 2.75) is 52.1 Å². The number of nitrogens with zero attached hydrogens (tertiary/aromatic N) is 1. The number of benzene rings is 2. The van der Waals surface area contributed by atoms with Gasteiger partial charge >= 0.3 is 0 Å². The number of amides is 1. The summed E-state index contributed by atoms with van der Waals surface area (Å²) in [6.45, 7) is 4.86. The van der Waals surface area contributed by atoms with Crippen LogP contribution < -0.4 is 5.32 Å². The Labute approximate surface area is 181 Å². The van der Waals surface area contributed by atoms with E-state index in [-0.39, 0.29) is 5.91 Å². The van der Waals surface area contributed by atoms with Crippen molar-refractivity contribution < 1.29 is 4.79 Å². The first-order chi connectivity index (χ1) is 14.0. The van der Waals surface area contributed by atoms with Gasteiger partial charge in [0.25, 0.3) is 5.91 Å². The molecule has 0 bridgehead atoms. The number of carbonyl (C=O) groups is 1. The van der Waals surface area contributed by atoms with Crippen LogP contribution in [-0.4, -0.2) is 16.5 Å². The molecule has 1 heterocycles. The van der Waals surface area contributed by atoms with Gasteiger partial charge in [0, 0.05) is 28.8 Å². The lowest BCUT2D eigenvalue weighted by Gasteiger charge is -2.16. The van der Waals surface area contributed by atoms with E-state index < -0.39 is 0 Å². The molecule has 2 aromatic carbocycles. The van der Waals surface area contributed by atoms with E-state index in [1.54, 1.807) is 0 Å². The van der Waals surface area contributed by atoms with Crippen LogP contribution in [0, 0.1) is 13.8 Å². The molecule has 0 unspecified atom stereocenters. The molecule has 4 heteroatoms. The van der Waals surface area contributed by atoms with E-state index in [4.69, 9.17) is 0 Å². The molecule has 0 saturated heterocycles. The maximum absolute atomic E-state index is 13.4. The zero-order valence-electron chi connectivity index (χ0n) is 17.0. The van der Waals surface area contributed by atoms with Crippen LogP contribution in [0.4, 0.5) is 0 Å². The van der Waals surface area contributed by atoms with Crippen molar-refractivity contribution in [2.24, 2.45) is 0 Å². The maximum Gasteiger partial charge on any atom is 0.268 e. The predicted molar refractivity (Wildman–Crippen MR) is 122 cm³/mol. The lowest BCUT2D eigenvalue weighted by molar-refractivity contribution is 0.0929. The van der Waals surface area contributed by atoms with Crippen LogP contribution >= 0.6 is 15.9 Å². The summed E-state index contributed by atoms with van der Waals surface area (Å²) in [4.78, 5) is 13.4. The summed E-state index contributed by atoms with van der Waals surface area (Å²) in [7, 11) is 0. The van der Waals surface area contributed by atoms with E-state index in [1.165, 1.54) is 24.0 Å². The highest BCUT2D eigenvalue weighted by molar-refractivity contribution is 9.10. The fraction of sp³-hybridized carbons (Fsp3) is 0.320. The third-order valence-electron chi connectivity index (χ3n) is 5.78. The van der Waals surface area contributed by atoms with Gasteiger partial charge in [0.15, 0.2) is 0 Å². The van der Waals surface area contributed by atoms with Crippen LogP contribution in [0.2, 0.25) is 0 Å². The van der Waals surface area contributed by atoms with Crippen molar-refractivity contribution in [2.75, 3.05) is 0 Å². The first-order valence-corrected chi connectivity index (χ1v) is 11.1. The minimum absolute atomic E-state index is 0.0395. The summed E-state index contributed by atoms with van der Waals surface area (Å²) in [5.74, 6) is 0.0395. The summed E-state index contributed by atoms with van der Waals surface area (Å²) in [6.07, 6.45) is 6.68. The van der Waals surface area contributed by atoms with Gasteiger partial charge in [-0.2, -0.15) is 0 Å². The van der Waals surface area contributed by atoms with Gasteiger partial charge in [-0.1, -0.05) is 70.7 Å². The molecule has 150 valence electrons. The minimum Gasteiger partial charge on any atom is -0.348 e. The monoisotopic (exact) mass is 450 g/mol. The molecular formula is C25H27BrN2O. The Bertz CT molecular complexity index is 997. The summed E-state index contributed by atoms with van der Waals surface area (Å²) in [5.41, 5.74) is 6.42. The number of aryl methyl sites for hydroxylation is 2. The van der Waals surface area contributed by atoms with Crippen molar-refractivity contribution >= 4 is 21.8 Å². The summed E-state index contributed by atoms with van der Waals surface area (Å²) >= 11 is 3.50. The quantitative estimate of drug-likeness (QED) is 0.489. The molecule has 1 saturated carbocycles. The lowest BCUT2D eigenvalue weighted by Crippen LogP contribution is -2.34. The normalized spacial score (nSPS) is 14.3. The zero-order chi connectivity index (χ0) is 20.4. The number of nitrogens with one attached hydrogen (secondary N) is 1. The second-order valence-electron chi connectivity index (χ2n) is 8.11. The topological polar surface area (TPSA) is 34.0 Å². The Morgan fingerprint density at radius 3 is 2.34 bits per heavy atom. The minimum atomic E-state index is 0.0395. The standard InChI is InChI=1S/C25H27BrN2O/c1-17-7-11-20(12-8-17)23-18(2)15-28(16-19-9-13-21(26)14-10-19)24(23)25(29)27-22-5-3-4-6-22/h7-15,22H,3-6,16H2,1-2H3,(H,27,29). The van der Waals surface area contributed by atoms with Crippen molar-refractivity contribution in [1.82, 2.24) is 9.88 Å². The van der Waals surface area contributed by atoms with Crippen LogP contribution in [0.15, 0.2) is 59.2 Å². The molecule has 0 radical (unpaired) electrons. The zero-order valence-corrected chi connectivity index (χ0v) is 18.6. The number of halogens is 1. The molecule has 1 aliphatic rings. The van der Waals surface area contributed by atoms with E-state index in [0.717, 1.165) is 39.7 Å². The molecule has 1 N–H and O–H groups in total. The number of rotatable bonds is 5. The van der Waals surface area contributed by atoms with E-state index in [0.29, 0.717) is 12.6 Å². The first kappa shape index (κ1) is 20.0. The summed E-state index contributed by atoms with van der Waals surface area (Å²) in [5, 5.41) is 3.30. The highest BCUT2D eigenvalue weighted by Crippen LogP contribution is 2.31. The summed E-state index contributed by atoms with van der Waals surface area (Å²) in [6, 6.07) is 17.0. The SMILES string of the molecule is Cc1ccc(-c2c(C)cn(Cc3ccc(Br)cc3)c2C(=O)NC2CCCC2)cc1. The fourth-order valence-corrected chi connectivity index (χ4v) is 4.52. The van der Waals surface area contributed by atoms with Gasteiger partial charge in [-0.15, -0.1) is 0 Å². The molecule has 1 amide bonds. The Hall–Kier alpha value is -2.33. The van der Waals surface area contributed by atoms with Crippen molar-refractivity contribution in [3.63, 3.8) is 0 Å². The Kier molecular flexibility index (Phi) is 5.91. The van der Waals surface area contributed by atoms with E-state index in [2.05, 4.69) is 82.3 Å². The van der Waals surface area contributed by atoms with Crippen LogP contribution in [0.25, 0.3) is 11.1 Å². The van der Waals surface area contributed by atoms with E-state index >= 15 is 0 Å². The molecule has 0 spiro atoms. The molecule has 1 aromatic heterocycles. The Balaban J connectivity index is 1.75. The van der Waals surface area contributed by atoms with Gasteiger partial charge in [-0.05, 0) is 55.5 Å². The number of hydrogen-bond acceptors (Lipinski definition) is 1. The van der Waals surface area contributed by atoms with Crippen LogP contribution in [0.1, 0.15) is 52.9 Å². The molecule has 1 aliphatic carbocycles. The molecule has 29 heavy (non-hydrogen) atoms. The largest absolute Gasteiger partial charge is 0.348 e. The van der Waals surface area contributed by atoms with Crippen molar-refractivity contribution in [1.29, 1.82) is 0 Å². The highest BCUT2D eigenvalue weighted by Gasteiger charge is 2.25. The second kappa shape index (κ2) is 8.58. The third kappa shape index (κ3) is 4.48. The predicted octanol–water partition coefficient (Wildman–Crippen LogP) is 6.26. The Morgan fingerprint density at radius 2 is 1.69 bits per heavy atom. The van der Waals surface area contributed by atoms with Crippen molar-refractivity contribution in [3.8, 4) is 11.1 Å². The number of aromatic nitrogens is 1. The maximum atomic E-state index is 13.4. The fourth-order valence-electron chi connectivity index (χ4n) is 4.26. The van der Waals surface area contributed by atoms with E-state index in [1.807, 2.05) is 12.1 Å². The molecule has 4 rings (SSSR count). The lowest BCUT2D eigenvalue weighted by atomic mass is 10.0. The van der Waals surface area contributed by atoms with E-state index in [9.17, 15) is 4.79 Å². The van der Waals surface area contributed by atoms with Crippen LogP contribution in [0.5, 0.6) is 0 Å². The van der Waals surface area contributed by atoms with Crippen LogP contribution in [0.3, 0.4) is 0 Å². The average Bonchev–Trinajstić information content (AvgIpc) is 3.32. The molecular weight excluding hydrogens is 424 g/mol. The number of carbonyl (C=O) groups excluding carboxylic acids is 1. The average molecular weight is 451 g/mol. The third-order valence-corrected chi connectivity index (χ3v) is 6.31. The molecule has 3 aromatic rings. The van der Waals surface area contributed by atoms with Crippen LogP contribution in [-0.2, 0) is 6.54 Å². The molecule has 1 fully saturated rings. The van der Waals surface area contributed by atoms with Gasteiger partial charge in [0.1, 0.15) is 5.69 Å². The molecule has 0 atom stereocenters. The van der Waals surface area contributed by atoms with Gasteiger partial charge < -0.3 is 9.88 Å². The smallest absolute Gasteiger partial charge is 0.268 e. The summed E-state index contributed by atoms with van der Waals surface area (Å²) < 4.78 is 3.17. The van der Waals surface area contributed by atoms with Gasteiger partial charge in [-0.25, -0.2) is 0 Å². The highest BCUT2D eigenvalue weighted by atomic mass is 79.9. The van der Waals surface area contributed by atoms with Gasteiger partial charge in [0.05, 0.1) is 0 Å². The molecule has 3 nitrogen and oxygen atoms in total. The number of hydrogen-bond donors (Lipinski definition) is 1. The second-order valence-corrected chi connectivity index (χ2v) is 9.03. The van der Waals surface area contributed by atoms with Gasteiger partial charge in [-0.3, -0.25) is 4.79 Å². The van der Waals surface area contributed by atoms with Crippen molar-refractivity contribution in [3.05, 3.63) is 81.6 Å². The first-order valence-electron chi connectivity index (χ1n) is 10.3. The Morgan fingerprint density at radius 1 is 1.03 bits per heavy atom. The van der Waals surface area contributed by atoms with Gasteiger partial charge in [0.2, 0.25) is 0 Å². The molecule has 0 aliphatic heterocycles.